The van der Waals surface area contributed by atoms with Crippen LogP contribution in [0.1, 0.15) is 19.3 Å². The molecular formula is C9H13N3S. The van der Waals surface area contributed by atoms with Crippen LogP contribution in [0, 0.1) is 0 Å². The molecule has 1 rings (SSSR count). The second-order valence-electron chi connectivity index (χ2n) is 2.72. The molecule has 0 aromatic carbocycles. The normalized spacial score (nSPS) is 19.2. The van der Waals surface area contributed by atoms with E-state index in [2.05, 4.69) is 16.4 Å². The Balaban J connectivity index is 2.62. The van der Waals surface area contributed by atoms with Crippen molar-refractivity contribution in [1.29, 1.82) is 0 Å². The Labute approximate surface area is 83.4 Å². The second kappa shape index (κ2) is 5.48. The van der Waals surface area contributed by atoms with Crippen molar-refractivity contribution >= 4 is 23.5 Å². The predicted octanol–water partition coefficient (Wildman–Crippen LogP) is 1.47. The molecular weight excluding hydrogens is 182 g/mol. The summed E-state index contributed by atoms with van der Waals surface area (Å²) >= 11 is 4.72. The summed E-state index contributed by atoms with van der Waals surface area (Å²) in [5, 5.41) is 3.07. The van der Waals surface area contributed by atoms with E-state index in [-0.39, 0.29) is 5.11 Å². The zero-order valence-corrected chi connectivity index (χ0v) is 8.18. The molecule has 0 spiro atoms. The molecule has 0 fully saturated rings. The fourth-order valence-corrected chi connectivity index (χ4v) is 1.12. The van der Waals surface area contributed by atoms with Gasteiger partial charge in [-0.2, -0.15) is 0 Å². The Hall–Kier alpha value is -1.16. The van der Waals surface area contributed by atoms with E-state index >= 15 is 0 Å². The summed E-state index contributed by atoms with van der Waals surface area (Å²) in [6.45, 7) is 0. The van der Waals surface area contributed by atoms with E-state index in [9.17, 15) is 0 Å². The van der Waals surface area contributed by atoms with Crippen LogP contribution in [0.4, 0.5) is 0 Å². The molecule has 1 heterocycles. The third-order valence-electron chi connectivity index (χ3n) is 1.60. The summed E-state index contributed by atoms with van der Waals surface area (Å²) in [6, 6.07) is 0. The number of aliphatic imine (C=N–C) groups is 1. The van der Waals surface area contributed by atoms with Crippen LogP contribution >= 0.6 is 12.2 Å². The molecule has 0 saturated carbocycles. The zero-order chi connectivity index (χ0) is 9.52. The Morgan fingerprint density at radius 2 is 2.38 bits per heavy atom. The largest absolute Gasteiger partial charge is 0.376 e. The van der Waals surface area contributed by atoms with Crippen molar-refractivity contribution in [2.24, 2.45) is 10.7 Å². The lowest BCUT2D eigenvalue weighted by Gasteiger charge is -2.02. The number of nitrogens with two attached hydrogens (primary N) is 1. The van der Waals surface area contributed by atoms with E-state index in [0.29, 0.717) is 0 Å². The highest BCUT2D eigenvalue weighted by Crippen LogP contribution is 2.03. The number of nitrogens with zero attached hydrogens (tertiary/aromatic N) is 1. The van der Waals surface area contributed by atoms with Crippen LogP contribution in [-0.4, -0.2) is 11.3 Å². The third-order valence-corrected chi connectivity index (χ3v) is 1.70. The van der Waals surface area contributed by atoms with Gasteiger partial charge < -0.3 is 11.1 Å². The monoisotopic (exact) mass is 195 g/mol. The molecule has 3 N–H and O–H groups in total. The average molecular weight is 195 g/mol. The quantitative estimate of drug-likeness (QED) is 0.623. The standard InChI is InChI=1S/C9H13N3S/c10-9(13)12-8-6-4-2-1-3-5-7-11-8/h3,5-7H,1-2,4H2,(H3,10,12,13)/b5-3+,8-6?,11-7?. The van der Waals surface area contributed by atoms with Crippen LogP contribution in [0.15, 0.2) is 29.0 Å². The van der Waals surface area contributed by atoms with Crippen LogP contribution in [0.2, 0.25) is 0 Å². The molecule has 4 heteroatoms. The summed E-state index contributed by atoms with van der Waals surface area (Å²) in [5.74, 6) is 0.735. The van der Waals surface area contributed by atoms with E-state index in [1.807, 2.05) is 12.2 Å². The van der Waals surface area contributed by atoms with Gasteiger partial charge in [-0.25, -0.2) is 4.99 Å². The van der Waals surface area contributed by atoms with E-state index in [4.69, 9.17) is 18.0 Å². The average Bonchev–Trinajstić information content (AvgIpc) is 2.17. The maximum atomic E-state index is 5.34. The number of thiocarbonyl (C=S) groups is 1. The van der Waals surface area contributed by atoms with Gasteiger partial charge in [0.2, 0.25) is 0 Å². The molecule has 13 heavy (non-hydrogen) atoms. The fourth-order valence-electron chi connectivity index (χ4n) is 1.02. The van der Waals surface area contributed by atoms with Crippen LogP contribution in [0.25, 0.3) is 0 Å². The Bertz CT molecular complexity index is 266. The van der Waals surface area contributed by atoms with Gasteiger partial charge in [0.1, 0.15) is 5.82 Å². The third kappa shape index (κ3) is 4.42. The first-order valence-corrected chi connectivity index (χ1v) is 4.65. The number of hydrogen-bond acceptors (Lipinski definition) is 2. The molecule has 0 aromatic rings. The molecule has 0 unspecified atom stereocenters. The van der Waals surface area contributed by atoms with E-state index in [1.54, 1.807) is 6.21 Å². The van der Waals surface area contributed by atoms with Crippen LogP contribution in [0.5, 0.6) is 0 Å². The summed E-state index contributed by atoms with van der Waals surface area (Å²) < 4.78 is 0. The van der Waals surface area contributed by atoms with Gasteiger partial charge in [0.25, 0.3) is 0 Å². The molecule has 0 aliphatic carbocycles. The number of hydrogen-bond donors (Lipinski definition) is 2. The summed E-state index contributed by atoms with van der Waals surface area (Å²) in [6.07, 6.45) is 11.0. The Kier molecular flexibility index (Phi) is 4.18. The molecule has 1 aliphatic rings. The van der Waals surface area contributed by atoms with Gasteiger partial charge in [-0.1, -0.05) is 6.08 Å². The molecule has 1 aliphatic heterocycles. The van der Waals surface area contributed by atoms with Gasteiger partial charge in [-0.15, -0.1) is 0 Å². The number of nitrogens with one attached hydrogen (secondary N) is 1. The molecule has 0 saturated heterocycles. The minimum absolute atomic E-state index is 0.256. The highest BCUT2D eigenvalue weighted by molar-refractivity contribution is 7.80. The maximum Gasteiger partial charge on any atom is 0.169 e. The Morgan fingerprint density at radius 1 is 1.54 bits per heavy atom. The van der Waals surface area contributed by atoms with Gasteiger partial charge in [-0.3, -0.25) is 0 Å². The minimum atomic E-state index is 0.256. The smallest absolute Gasteiger partial charge is 0.169 e. The van der Waals surface area contributed by atoms with Crippen molar-refractivity contribution < 1.29 is 0 Å². The predicted molar refractivity (Wildman–Crippen MR) is 59.5 cm³/mol. The van der Waals surface area contributed by atoms with Crippen molar-refractivity contribution in [2.75, 3.05) is 0 Å². The second-order valence-corrected chi connectivity index (χ2v) is 3.16. The molecule has 0 bridgehead atoms. The maximum absolute atomic E-state index is 5.34. The topological polar surface area (TPSA) is 50.4 Å². The molecule has 0 radical (unpaired) electrons. The van der Waals surface area contributed by atoms with Gasteiger partial charge >= 0.3 is 0 Å². The van der Waals surface area contributed by atoms with Gasteiger partial charge in [0, 0.05) is 6.21 Å². The van der Waals surface area contributed by atoms with Gasteiger partial charge in [0.05, 0.1) is 0 Å². The van der Waals surface area contributed by atoms with Gasteiger partial charge in [0.15, 0.2) is 5.11 Å². The SMILES string of the molecule is NC(=S)NC1=CCCC/C=C/C=N1. The molecule has 70 valence electrons. The molecule has 0 atom stereocenters. The van der Waals surface area contributed by atoms with Crippen LogP contribution in [-0.2, 0) is 0 Å². The first kappa shape index (κ1) is 9.92. The Morgan fingerprint density at radius 3 is 3.15 bits per heavy atom. The highest BCUT2D eigenvalue weighted by Gasteiger charge is 1.94. The first-order chi connectivity index (χ1) is 6.29. The van der Waals surface area contributed by atoms with Crippen LogP contribution in [0.3, 0.4) is 0 Å². The van der Waals surface area contributed by atoms with Crippen molar-refractivity contribution in [2.45, 2.75) is 19.3 Å². The lowest BCUT2D eigenvalue weighted by molar-refractivity contribution is 0.857. The van der Waals surface area contributed by atoms with Crippen molar-refractivity contribution in [1.82, 2.24) is 5.32 Å². The van der Waals surface area contributed by atoms with Crippen molar-refractivity contribution in [3.8, 4) is 0 Å². The molecule has 3 nitrogen and oxygen atoms in total. The van der Waals surface area contributed by atoms with E-state index < -0.39 is 0 Å². The number of rotatable bonds is 1. The lowest BCUT2D eigenvalue weighted by Crippen LogP contribution is -2.27. The lowest BCUT2D eigenvalue weighted by atomic mass is 10.2. The summed E-state index contributed by atoms with van der Waals surface area (Å²) in [7, 11) is 0. The van der Waals surface area contributed by atoms with E-state index in [1.165, 1.54) is 0 Å². The van der Waals surface area contributed by atoms with Crippen molar-refractivity contribution in [3.63, 3.8) is 0 Å². The highest BCUT2D eigenvalue weighted by atomic mass is 32.1. The summed E-state index contributed by atoms with van der Waals surface area (Å²) in [5.41, 5.74) is 5.34. The molecule has 0 aromatic heterocycles. The number of allylic oxidation sites excluding steroid dienone is 3. The minimum Gasteiger partial charge on any atom is -0.376 e. The van der Waals surface area contributed by atoms with Crippen LogP contribution < -0.4 is 11.1 Å². The first-order valence-electron chi connectivity index (χ1n) is 4.25. The fraction of sp³-hybridized carbons (Fsp3) is 0.333. The van der Waals surface area contributed by atoms with Gasteiger partial charge in [-0.05, 0) is 43.6 Å². The van der Waals surface area contributed by atoms with Crippen molar-refractivity contribution in [3.05, 3.63) is 24.0 Å². The summed E-state index contributed by atoms with van der Waals surface area (Å²) in [4.78, 5) is 4.15. The zero-order valence-electron chi connectivity index (χ0n) is 7.36. The molecule has 0 amide bonds. The van der Waals surface area contributed by atoms with E-state index in [0.717, 1.165) is 25.1 Å².